The van der Waals surface area contributed by atoms with Crippen molar-refractivity contribution in [2.75, 3.05) is 0 Å². The number of halogens is 2. The first kappa shape index (κ1) is 10.1. The minimum atomic E-state index is -1.54. The van der Waals surface area contributed by atoms with E-state index < -0.39 is 23.2 Å². The van der Waals surface area contributed by atoms with Crippen molar-refractivity contribution in [2.45, 2.75) is 6.42 Å². The molecule has 0 fully saturated rings. The number of nitriles is 1. The van der Waals surface area contributed by atoms with E-state index in [0.29, 0.717) is 0 Å². The van der Waals surface area contributed by atoms with Gasteiger partial charge in [-0.15, -0.1) is 0 Å². The molecule has 14 heavy (non-hydrogen) atoms. The number of rotatable bonds is 2. The molecule has 0 spiro atoms. The normalized spacial score (nSPS) is 9.50. The van der Waals surface area contributed by atoms with Gasteiger partial charge in [-0.1, -0.05) is 6.07 Å². The molecule has 0 aromatic heterocycles. The molecule has 3 nitrogen and oxygen atoms in total. The number of benzene rings is 1. The number of hydrogen-bond donors (Lipinski definition) is 1. The van der Waals surface area contributed by atoms with Crippen LogP contribution in [0, 0.1) is 23.0 Å². The molecule has 72 valence electrons. The van der Waals surface area contributed by atoms with Crippen LogP contribution in [0.1, 0.15) is 15.9 Å². The zero-order valence-corrected chi connectivity index (χ0v) is 6.92. The molecule has 0 aliphatic rings. The summed E-state index contributed by atoms with van der Waals surface area (Å²) in [7, 11) is 0. The number of hydrogen-bond acceptors (Lipinski definition) is 2. The lowest BCUT2D eigenvalue weighted by molar-refractivity contribution is 0.0690. The quantitative estimate of drug-likeness (QED) is 0.785. The van der Waals surface area contributed by atoms with E-state index in [4.69, 9.17) is 10.4 Å². The van der Waals surface area contributed by atoms with Gasteiger partial charge in [0.1, 0.15) is 0 Å². The van der Waals surface area contributed by atoms with Crippen molar-refractivity contribution in [3.8, 4) is 6.07 Å². The highest BCUT2D eigenvalue weighted by Crippen LogP contribution is 2.16. The molecule has 0 saturated carbocycles. The second-order valence-electron chi connectivity index (χ2n) is 2.54. The molecule has 0 aliphatic carbocycles. The van der Waals surface area contributed by atoms with E-state index in [1.807, 2.05) is 0 Å². The van der Waals surface area contributed by atoms with Crippen LogP contribution in [0.25, 0.3) is 0 Å². The highest BCUT2D eigenvalue weighted by molar-refractivity contribution is 5.88. The summed E-state index contributed by atoms with van der Waals surface area (Å²) in [6, 6.07) is 3.67. The van der Waals surface area contributed by atoms with Gasteiger partial charge in [0.2, 0.25) is 0 Å². The summed E-state index contributed by atoms with van der Waals surface area (Å²) in [5, 5.41) is 16.7. The van der Waals surface area contributed by atoms with E-state index >= 15 is 0 Å². The molecule has 0 radical (unpaired) electrons. The van der Waals surface area contributed by atoms with Crippen LogP contribution >= 0.6 is 0 Å². The summed E-state index contributed by atoms with van der Waals surface area (Å²) >= 11 is 0. The van der Waals surface area contributed by atoms with Crippen molar-refractivity contribution in [2.24, 2.45) is 0 Å². The molecular weight excluding hydrogens is 192 g/mol. The van der Waals surface area contributed by atoms with E-state index in [1.165, 1.54) is 0 Å². The van der Waals surface area contributed by atoms with Crippen molar-refractivity contribution in [1.82, 2.24) is 0 Å². The number of carbonyl (C=O) groups is 1. The lowest BCUT2D eigenvalue weighted by Gasteiger charge is -2.02. The first-order valence-corrected chi connectivity index (χ1v) is 3.65. The lowest BCUT2D eigenvalue weighted by atomic mass is 10.1. The van der Waals surface area contributed by atoms with Gasteiger partial charge >= 0.3 is 5.97 Å². The summed E-state index contributed by atoms with van der Waals surface area (Å²) in [6.07, 6.45) is -0.289. The van der Waals surface area contributed by atoms with Crippen molar-refractivity contribution in [3.05, 3.63) is 34.9 Å². The second-order valence-corrected chi connectivity index (χ2v) is 2.54. The Labute approximate surface area is 78.2 Å². The molecule has 1 rings (SSSR count). The standard InChI is InChI=1S/C9H5F2NO2/c10-7-5(3-4-12)1-2-6(8(7)11)9(13)14/h1-2H,3H2,(H,13,14). The Morgan fingerprint density at radius 1 is 1.43 bits per heavy atom. The Morgan fingerprint density at radius 2 is 2.07 bits per heavy atom. The van der Waals surface area contributed by atoms with Gasteiger partial charge < -0.3 is 5.11 Å². The molecule has 0 saturated heterocycles. The average Bonchev–Trinajstić information content (AvgIpc) is 2.13. The lowest BCUT2D eigenvalue weighted by Crippen LogP contribution is -2.05. The molecule has 1 N–H and O–H groups in total. The summed E-state index contributed by atoms with van der Waals surface area (Å²) in [6.45, 7) is 0. The first-order chi connectivity index (χ1) is 6.57. The SMILES string of the molecule is N#CCc1ccc(C(=O)O)c(F)c1F. The predicted octanol–water partition coefficient (Wildman–Crippen LogP) is 1.73. The molecule has 0 heterocycles. The van der Waals surface area contributed by atoms with E-state index in [1.54, 1.807) is 6.07 Å². The third kappa shape index (κ3) is 1.69. The van der Waals surface area contributed by atoms with Gasteiger partial charge in [-0.2, -0.15) is 5.26 Å². The van der Waals surface area contributed by atoms with Crippen LogP contribution in [0.2, 0.25) is 0 Å². The van der Waals surface area contributed by atoms with Gasteiger partial charge in [-0.05, 0) is 6.07 Å². The minimum absolute atomic E-state index is 0.144. The number of carboxylic acids is 1. The fraction of sp³-hybridized carbons (Fsp3) is 0.111. The van der Waals surface area contributed by atoms with Gasteiger partial charge in [-0.25, -0.2) is 13.6 Å². The fourth-order valence-corrected chi connectivity index (χ4v) is 0.976. The topological polar surface area (TPSA) is 61.1 Å². The van der Waals surface area contributed by atoms with E-state index in [2.05, 4.69) is 0 Å². The van der Waals surface area contributed by atoms with E-state index in [0.717, 1.165) is 12.1 Å². The molecular formula is C9H5F2NO2. The molecule has 0 unspecified atom stereocenters. The molecule has 1 aromatic carbocycles. The largest absolute Gasteiger partial charge is 0.478 e. The maximum Gasteiger partial charge on any atom is 0.338 e. The third-order valence-corrected chi connectivity index (χ3v) is 1.66. The summed E-state index contributed by atoms with van der Waals surface area (Å²) in [5.74, 6) is -4.23. The van der Waals surface area contributed by atoms with Crippen LogP contribution in [0.15, 0.2) is 12.1 Å². The zero-order valence-electron chi connectivity index (χ0n) is 6.92. The number of nitrogens with zero attached hydrogens (tertiary/aromatic N) is 1. The monoisotopic (exact) mass is 197 g/mol. The van der Waals surface area contributed by atoms with Gasteiger partial charge in [0.05, 0.1) is 18.1 Å². The molecule has 5 heteroatoms. The Hall–Kier alpha value is -1.96. The molecule has 0 atom stereocenters. The zero-order chi connectivity index (χ0) is 10.7. The van der Waals surface area contributed by atoms with E-state index in [9.17, 15) is 13.6 Å². The Bertz CT molecular complexity index is 424. The van der Waals surface area contributed by atoms with Crippen LogP contribution < -0.4 is 0 Å². The van der Waals surface area contributed by atoms with Gasteiger partial charge in [0, 0.05) is 5.56 Å². The summed E-state index contributed by atoms with van der Waals surface area (Å²) in [4.78, 5) is 10.4. The smallest absolute Gasteiger partial charge is 0.338 e. The maximum absolute atomic E-state index is 13.0. The first-order valence-electron chi connectivity index (χ1n) is 3.65. The Kier molecular flexibility index (Phi) is 2.77. The Balaban J connectivity index is 3.27. The van der Waals surface area contributed by atoms with Crippen LogP contribution in [0.5, 0.6) is 0 Å². The molecule has 0 bridgehead atoms. The maximum atomic E-state index is 13.0. The fourth-order valence-electron chi connectivity index (χ4n) is 0.976. The molecule has 1 aromatic rings. The third-order valence-electron chi connectivity index (χ3n) is 1.66. The van der Waals surface area contributed by atoms with Gasteiger partial charge in [0.15, 0.2) is 11.6 Å². The molecule has 0 amide bonds. The highest BCUT2D eigenvalue weighted by atomic mass is 19.2. The summed E-state index contributed by atoms with van der Waals surface area (Å²) < 4.78 is 26.0. The summed E-state index contributed by atoms with van der Waals surface area (Å²) in [5.41, 5.74) is -0.876. The van der Waals surface area contributed by atoms with Gasteiger partial charge in [-0.3, -0.25) is 0 Å². The Morgan fingerprint density at radius 3 is 2.57 bits per heavy atom. The van der Waals surface area contributed by atoms with Crippen molar-refractivity contribution in [1.29, 1.82) is 5.26 Å². The minimum Gasteiger partial charge on any atom is -0.478 e. The second kappa shape index (κ2) is 3.83. The van der Waals surface area contributed by atoms with Crippen LogP contribution in [0.4, 0.5) is 8.78 Å². The average molecular weight is 197 g/mol. The molecule has 0 aliphatic heterocycles. The van der Waals surface area contributed by atoms with Crippen LogP contribution in [-0.4, -0.2) is 11.1 Å². The highest BCUT2D eigenvalue weighted by Gasteiger charge is 2.17. The van der Waals surface area contributed by atoms with Crippen molar-refractivity contribution < 1.29 is 18.7 Å². The van der Waals surface area contributed by atoms with Crippen molar-refractivity contribution in [3.63, 3.8) is 0 Å². The predicted molar refractivity (Wildman–Crippen MR) is 42.6 cm³/mol. The van der Waals surface area contributed by atoms with Gasteiger partial charge in [0.25, 0.3) is 0 Å². The number of aromatic carboxylic acids is 1. The van der Waals surface area contributed by atoms with Crippen LogP contribution in [-0.2, 0) is 6.42 Å². The van der Waals surface area contributed by atoms with Crippen LogP contribution in [0.3, 0.4) is 0 Å². The number of carboxylic acid groups (broad SMARTS) is 1. The van der Waals surface area contributed by atoms with E-state index in [-0.39, 0.29) is 12.0 Å². The van der Waals surface area contributed by atoms with Crippen molar-refractivity contribution >= 4 is 5.97 Å².